The molecule has 16 heavy (non-hydrogen) atoms. The lowest BCUT2D eigenvalue weighted by molar-refractivity contribution is -0.718. The largest absolute Gasteiger partial charge is 0.241 e. The van der Waals surface area contributed by atoms with Crippen molar-refractivity contribution in [3.8, 4) is 0 Å². The summed E-state index contributed by atoms with van der Waals surface area (Å²) >= 11 is 5.58. The van der Waals surface area contributed by atoms with Gasteiger partial charge in [-0.2, -0.15) is 4.57 Å². The summed E-state index contributed by atoms with van der Waals surface area (Å²) in [5.41, 5.74) is 2.75. The molecule has 0 unspecified atom stereocenters. The standard InChI is InChI=1S/C13H13BrNS/c1-9-6-13-15(10(7-14)8-16-13)12-5-3-2-4-11(9)12/h2-6,10H,7-8H2,1H3/q+1/t10-/m1/s1. The SMILES string of the molecule is Cc1cc2[n+](c3ccccc13)[C@H](CBr)CS2. The van der Waals surface area contributed by atoms with Crippen LogP contribution in [-0.4, -0.2) is 11.1 Å². The van der Waals surface area contributed by atoms with E-state index in [-0.39, 0.29) is 0 Å². The molecular weight excluding hydrogens is 282 g/mol. The van der Waals surface area contributed by atoms with Crippen molar-refractivity contribution in [2.24, 2.45) is 0 Å². The first-order valence-corrected chi connectivity index (χ1v) is 7.54. The summed E-state index contributed by atoms with van der Waals surface area (Å²) in [6.45, 7) is 2.20. The van der Waals surface area contributed by atoms with Gasteiger partial charge in [0.2, 0.25) is 10.5 Å². The zero-order valence-electron chi connectivity index (χ0n) is 9.11. The Morgan fingerprint density at radius 2 is 2.25 bits per heavy atom. The van der Waals surface area contributed by atoms with Crippen LogP contribution < -0.4 is 4.57 Å². The first-order valence-electron chi connectivity index (χ1n) is 5.44. The van der Waals surface area contributed by atoms with Crippen LogP contribution in [0, 0.1) is 6.92 Å². The molecule has 0 saturated heterocycles. The molecule has 3 heteroatoms. The third-order valence-electron chi connectivity index (χ3n) is 3.13. The predicted octanol–water partition coefficient (Wildman–Crippen LogP) is 3.48. The minimum atomic E-state index is 0.588. The van der Waals surface area contributed by atoms with Gasteiger partial charge in [-0.15, -0.1) is 0 Å². The summed E-state index contributed by atoms with van der Waals surface area (Å²) in [4.78, 5) is 0. The van der Waals surface area contributed by atoms with Crippen LogP contribution in [0.4, 0.5) is 0 Å². The quantitative estimate of drug-likeness (QED) is 0.575. The minimum Gasteiger partial charge on any atom is -0.182 e. The number of para-hydroxylation sites is 1. The van der Waals surface area contributed by atoms with E-state index in [0.29, 0.717) is 6.04 Å². The van der Waals surface area contributed by atoms with Crippen LogP contribution >= 0.6 is 27.7 Å². The minimum absolute atomic E-state index is 0.588. The molecule has 0 aliphatic carbocycles. The van der Waals surface area contributed by atoms with Gasteiger partial charge in [0.05, 0.1) is 11.1 Å². The molecule has 1 aromatic heterocycles. The van der Waals surface area contributed by atoms with Crippen LogP contribution in [0.3, 0.4) is 0 Å². The number of nitrogens with zero attached hydrogens (tertiary/aromatic N) is 1. The van der Waals surface area contributed by atoms with Crippen molar-refractivity contribution in [1.29, 1.82) is 0 Å². The zero-order chi connectivity index (χ0) is 11.1. The fourth-order valence-electron chi connectivity index (χ4n) is 2.33. The van der Waals surface area contributed by atoms with E-state index in [1.807, 2.05) is 11.8 Å². The molecule has 2 heterocycles. The maximum Gasteiger partial charge on any atom is 0.241 e. The Kier molecular flexibility index (Phi) is 2.68. The molecule has 0 saturated carbocycles. The van der Waals surface area contributed by atoms with E-state index in [2.05, 4.69) is 57.8 Å². The van der Waals surface area contributed by atoms with Gasteiger partial charge in [0.25, 0.3) is 0 Å². The van der Waals surface area contributed by atoms with Crippen molar-refractivity contribution in [1.82, 2.24) is 0 Å². The lowest BCUT2D eigenvalue weighted by Gasteiger charge is -2.06. The average Bonchev–Trinajstić information content (AvgIpc) is 2.72. The second kappa shape index (κ2) is 4.04. The van der Waals surface area contributed by atoms with Gasteiger partial charge in [0.15, 0.2) is 6.04 Å². The van der Waals surface area contributed by atoms with Crippen LogP contribution in [0.25, 0.3) is 10.9 Å². The molecule has 1 aliphatic rings. The van der Waals surface area contributed by atoms with Crippen molar-refractivity contribution in [3.63, 3.8) is 0 Å². The monoisotopic (exact) mass is 294 g/mol. The Morgan fingerprint density at radius 1 is 1.44 bits per heavy atom. The number of fused-ring (bicyclic) bond motifs is 3. The van der Waals surface area contributed by atoms with E-state index in [4.69, 9.17) is 0 Å². The smallest absolute Gasteiger partial charge is 0.182 e. The Bertz CT molecular complexity index is 553. The topological polar surface area (TPSA) is 3.88 Å². The molecule has 2 aromatic rings. The van der Waals surface area contributed by atoms with Crippen LogP contribution in [0.15, 0.2) is 35.4 Å². The number of aryl methyl sites for hydroxylation is 1. The second-order valence-corrected chi connectivity index (χ2v) is 5.86. The molecule has 0 spiro atoms. The van der Waals surface area contributed by atoms with Gasteiger partial charge in [-0.1, -0.05) is 39.8 Å². The molecule has 1 atom stereocenters. The summed E-state index contributed by atoms with van der Waals surface area (Å²) in [6.07, 6.45) is 0. The van der Waals surface area contributed by atoms with Crippen molar-refractivity contribution < 1.29 is 4.57 Å². The van der Waals surface area contributed by atoms with Gasteiger partial charge in [-0.05, 0) is 18.6 Å². The maximum atomic E-state index is 3.62. The normalized spacial score (nSPS) is 19.0. The number of halogens is 1. The Balaban J connectivity index is 2.37. The lowest BCUT2D eigenvalue weighted by Crippen LogP contribution is -2.40. The first-order chi connectivity index (χ1) is 7.81. The van der Waals surface area contributed by atoms with Gasteiger partial charge >= 0.3 is 0 Å². The number of benzene rings is 1. The third-order valence-corrected chi connectivity index (χ3v) is 5.04. The average molecular weight is 295 g/mol. The van der Waals surface area contributed by atoms with Gasteiger partial charge in [-0.25, -0.2) is 0 Å². The number of aromatic nitrogens is 1. The number of rotatable bonds is 1. The molecule has 3 rings (SSSR count). The van der Waals surface area contributed by atoms with Gasteiger partial charge in [0, 0.05) is 17.5 Å². The van der Waals surface area contributed by atoms with Crippen molar-refractivity contribution >= 4 is 38.6 Å². The molecular formula is C13H13BrNS+. The highest BCUT2D eigenvalue weighted by Crippen LogP contribution is 2.31. The highest BCUT2D eigenvalue weighted by atomic mass is 79.9. The number of alkyl halides is 1. The van der Waals surface area contributed by atoms with Crippen LogP contribution in [0.1, 0.15) is 11.6 Å². The van der Waals surface area contributed by atoms with Crippen molar-refractivity contribution in [2.75, 3.05) is 11.1 Å². The molecule has 0 bridgehead atoms. The number of hydrogen-bond acceptors (Lipinski definition) is 1. The van der Waals surface area contributed by atoms with Crippen LogP contribution in [0.2, 0.25) is 0 Å². The summed E-state index contributed by atoms with van der Waals surface area (Å²) in [5.74, 6) is 1.18. The fraction of sp³-hybridized carbons (Fsp3) is 0.308. The molecule has 0 amide bonds. The highest BCUT2D eigenvalue weighted by Gasteiger charge is 2.32. The molecule has 1 aromatic carbocycles. The molecule has 1 aliphatic heterocycles. The van der Waals surface area contributed by atoms with Crippen molar-refractivity contribution in [2.45, 2.75) is 18.0 Å². The number of thioether (sulfide) groups is 1. The van der Waals surface area contributed by atoms with E-state index >= 15 is 0 Å². The molecule has 82 valence electrons. The molecule has 0 fully saturated rings. The highest BCUT2D eigenvalue weighted by molar-refractivity contribution is 9.09. The van der Waals surface area contributed by atoms with Gasteiger partial charge in [0.1, 0.15) is 0 Å². The summed E-state index contributed by atoms with van der Waals surface area (Å²) in [5, 5.41) is 3.81. The Hall–Kier alpha value is -0.540. The van der Waals surface area contributed by atoms with Gasteiger partial charge < -0.3 is 0 Å². The molecule has 0 N–H and O–H groups in total. The number of hydrogen-bond donors (Lipinski definition) is 0. The van der Waals surface area contributed by atoms with E-state index in [1.54, 1.807) is 0 Å². The summed E-state index contributed by atoms with van der Waals surface area (Å²) < 4.78 is 2.47. The Morgan fingerprint density at radius 3 is 3.06 bits per heavy atom. The van der Waals surface area contributed by atoms with Crippen LogP contribution in [0.5, 0.6) is 0 Å². The Labute approximate surface area is 108 Å². The number of pyridine rings is 1. The predicted molar refractivity (Wildman–Crippen MR) is 72.4 cm³/mol. The van der Waals surface area contributed by atoms with Crippen LogP contribution in [-0.2, 0) is 0 Å². The lowest BCUT2D eigenvalue weighted by atomic mass is 10.1. The molecule has 0 radical (unpaired) electrons. The van der Waals surface area contributed by atoms with E-state index in [1.165, 1.54) is 27.2 Å². The van der Waals surface area contributed by atoms with E-state index < -0.39 is 0 Å². The fourth-order valence-corrected chi connectivity index (χ4v) is 4.42. The first kappa shape index (κ1) is 10.6. The zero-order valence-corrected chi connectivity index (χ0v) is 11.5. The summed E-state index contributed by atoms with van der Waals surface area (Å²) in [7, 11) is 0. The maximum absolute atomic E-state index is 3.62. The van der Waals surface area contributed by atoms with E-state index in [0.717, 1.165) is 5.33 Å². The third kappa shape index (κ3) is 1.49. The van der Waals surface area contributed by atoms with Crippen molar-refractivity contribution in [3.05, 3.63) is 35.9 Å². The second-order valence-electron chi connectivity index (χ2n) is 4.17. The molecule has 1 nitrogen and oxygen atoms in total. The van der Waals surface area contributed by atoms with E-state index in [9.17, 15) is 0 Å². The van der Waals surface area contributed by atoms with Gasteiger partial charge in [-0.3, -0.25) is 0 Å². The summed E-state index contributed by atoms with van der Waals surface area (Å²) in [6, 6.07) is 11.6.